The molecule has 0 spiro atoms. The van der Waals surface area contributed by atoms with Crippen LogP contribution < -0.4 is 4.72 Å². The number of benzene rings is 2. The zero-order valence-corrected chi connectivity index (χ0v) is 13.1. The van der Waals surface area contributed by atoms with Crippen molar-refractivity contribution < 1.29 is 8.42 Å². The third-order valence-corrected chi connectivity index (χ3v) is 5.58. The van der Waals surface area contributed by atoms with Crippen LogP contribution in [0.3, 0.4) is 0 Å². The highest BCUT2D eigenvalue weighted by atomic mass is 35.5. The van der Waals surface area contributed by atoms with Gasteiger partial charge in [0.2, 0.25) is 10.0 Å². The molecule has 2 atom stereocenters. The monoisotopic (exact) mass is 311 g/mol. The van der Waals surface area contributed by atoms with Gasteiger partial charge >= 0.3 is 0 Å². The molecule has 0 aliphatic carbocycles. The number of hydrogen-bond acceptors (Lipinski definition) is 2. The first-order chi connectivity index (χ1) is 9.45. The molecule has 0 heterocycles. The van der Waals surface area contributed by atoms with E-state index < -0.39 is 10.0 Å². The predicted octanol–water partition coefficient (Wildman–Crippen LogP) is 3.38. The fraction of sp³-hybridized carbons (Fsp3) is 0.333. The molecular weight excluding hydrogens is 294 g/mol. The van der Waals surface area contributed by atoms with E-state index in [9.17, 15) is 8.42 Å². The Morgan fingerprint density at radius 1 is 1.10 bits per heavy atom. The number of rotatable bonds is 5. The van der Waals surface area contributed by atoms with E-state index in [1.54, 1.807) is 12.1 Å². The summed E-state index contributed by atoms with van der Waals surface area (Å²) >= 11 is 5.78. The largest absolute Gasteiger partial charge is 0.241 e. The van der Waals surface area contributed by atoms with Crippen LogP contribution in [0.2, 0.25) is 0 Å². The van der Waals surface area contributed by atoms with Gasteiger partial charge < -0.3 is 0 Å². The lowest BCUT2D eigenvalue weighted by Gasteiger charge is -2.19. The van der Waals surface area contributed by atoms with E-state index in [2.05, 4.69) is 4.72 Å². The molecule has 0 fully saturated rings. The molecule has 108 valence electrons. The van der Waals surface area contributed by atoms with E-state index in [0.717, 1.165) is 10.8 Å². The summed E-state index contributed by atoms with van der Waals surface area (Å²) in [4.78, 5) is 0.309. The average molecular weight is 312 g/mol. The van der Waals surface area contributed by atoms with E-state index >= 15 is 0 Å². The topological polar surface area (TPSA) is 46.2 Å². The third-order valence-electron chi connectivity index (χ3n) is 3.48. The summed E-state index contributed by atoms with van der Waals surface area (Å²) in [6.45, 7) is 3.75. The Labute approximate surface area is 125 Å². The summed E-state index contributed by atoms with van der Waals surface area (Å²) in [6, 6.07) is 12.5. The highest BCUT2D eigenvalue weighted by molar-refractivity contribution is 7.89. The van der Waals surface area contributed by atoms with Gasteiger partial charge in [-0.15, -0.1) is 11.6 Å². The Bertz CT molecular complexity index is 695. The molecule has 5 heteroatoms. The number of hydrogen-bond donors (Lipinski definition) is 1. The van der Waals surface area contributed by atoms with Crippen LogP contribution in [0.1, 0.15) is 13.8 Å². The van der Waals surface area contributed by atoms with E-state index in [4.69, 9.17) is 11.6 Å². The zero-order chi connectivity index (χ0) is 14.8. The van der Waals surface area contributed by atoms with Gasteiger partial charge in [0.05, 0.1) is 4.90 Å². The minimum absolute atomic E-state index is 0.0708. The van der Waals surface area contributed by atoms with Crippen molar-refractivity contribution >= 4 is 32.4 Å². The molecule has 0 bridgehead atoms. The molecule has 0 saturated carbocycles. The second-order valence-corrected chi connectivity index (χ2v) is 7.01. The quantitative estimate of drug-likeness (QED) is 0.860. The van der Waals surface area contributed by atoms with Crippen LogP contribution in [0.15, 0.2) is 47.4 Å². The fourth-order valence-corrected chi connectivity index (χ4v) is 3.84. The minimum atomic E-state index is -3.55. The summed E-state index contributed by atoms with van der Waals surface area (Å²) in [7, 11) is -3.55. The van der Waals surface area contributed by atoms with Crippen molar-refractivity contribution in [1.29, 1.82) is 0 Å². The molecule has 0 aromatic heterocycles. The van der Waals surface area contributed by atoms with Gasteiger partial charge in [0.15, 0.2) is 0 Å². The Morgan fingerprint density at radius 2 is 1.75 bits per heavy atom. The van der Waals surface area contributed by atoms with Gasteiger partial charge in [-0.2, -0.15) is 0 Å². The maximum Gasteiger partial charge on any atom is 0.241 e. The van der Waals surface area contributed by atoms with Crippen molar-refractivity contribution in [1.82, 2.24) is 4.72 Å². The summed E-state index contributed by atoms with van der Waals surface area (Å²) in [5.41, 5.74) is 0. The van der Waals surface area contributed by atoms with Crippen LogP contribution in [0.25, 0.3) is 10.8 Å². The number of fused-ring (bicyclic) bond motifs is 1. The van der Waals surface area contributed by atoms with Crippen LogP contribution in [0, 0.1) is 5.92 Å². The number of alkyl halides is 1. The van der Waals surface area contributed by atoms with Gasteiger partial charge in [-0.05, 0) is 24.3 Å². The van der Waals surface area contributed by atoms with Crippen molar-refractivity contribution in [2.45, 2.75) is 24.8 Å². The van der Waals surface area contributed by atoms with Crippen LogP contribution >= 0.6 is 11.6 Å². The summed E-state index contributed by atoms with van der Waals surface area (Å²) in [5.74, 6) is 0.487. The average Bonchev–Trinajstić information content (AvgIpc) is 2.45. The van der Waals surface area contributed by atoms with Gasteiger partial charge in [-0.3, -0.25) is 0 Å². The molecule has 0 aliphatic rings. The SMILES string of the molecule is CC(CCl)C(C)NS(=O)(=O)c1cccc2ccccc12. The summed E-state index contributed by atoms with van der Waals surface area (Å²) < 4.78 is 27.7. The van der Waals surface area contributed by atoms with Crippen molar-refractivity contribution in [3.63, 3.8) is 0 Å². The maximum atomic E-state index is 12.5. The van der Waals surface area contributed by atoms with Gasteiger partial charge in [0.25, 0.3) is 0 Å². The standard InChI is InChI=1S/C15H18ClNO2S/c1-11(10-16)12(2)17-20(18,19)15-9-5-7-13-6-3-4-8-14(13)15/h3-9,11-12,17H,10H2,1-2H3. The van der Waals surface area contributed by atoms with E-state index in [0.29, 0.717) is 10.8 Å². The molecule has 0 saturated heterocycles. The third kappa shape index (κ3) is 3.14. The van der Waals surface area contributed by atoms with E-state index in [1.807, 2.05) is 44.2 Å². The zero-order valence-electron chi connectivity index (χ0n) is 11.5. The molecule has 2 aromatic carbocycles. The second-order valence-electron chi connectivity index (χ2n) is 5.02. The maximum absolute atomic E-state index is 12.5. The lowest BCUT2D eigenvalue weighted by Crippen LogP contribution is -2.37. The number of sulfonamides is 1. The molecule has 3 nitrogen and oxygen atoms in total. The highest BCUT2D eigenvalue weighted by Crippen LogP contribution is 2.23. The van der Waals surface area contributed by atoms with Gasteiger partial charge in [-0.25, -0.2) is 13.1 Å². The molecule has 2 aromatic rings. The lowest BCUT2D eigenvalue weighted by atomic mass is 10.1. The van der Waals surface area contributed by atoms with Crippen molar-refractivity contribution in [3.8, 4) is 0 Å². The van der Waals surface area contributed by atoms with Crippen molar-refractivity contribution in [3.05, 3.63) is 42.5 Å². The molecule has 1 N–H and O–H groups in total. The summed E-state index contributed by atoms with van der Waals surface area (Å²) in [5, 5.41) is 1.64. The molecule has 0 amide bonds. The number of nitrogens with one attached hydrogen (secondary N) is 1. The fourth-order valence-electron chi connectivity index (χ4n) is 1.99. The normalized spacial score (nSPS) is 15.2. The smallest absolute Gasteiger partial charge is 0.208 e. The molecule has 2 unspecified atom stereocenters. The Balaban J connectivity index is 2.42. The van der Waals surface area contributed by atoms with Gasteiger partial charge in [0.1, 0.15) is 0 Å². The number of halogens is 1. The molecule has 2 rings (SSSR count). The predicted molar refractivity (Wildman–Crippen MR) is 83.6 cm³/mol. The van der Waals surface area contributed by atoms with Crippen LogP contribution in [0.4, 0.5) is 0 Å². The van der Waals surface area contributed by atoms with Crippen molar-refractivity contribution in [2.75, 3.05) is 5.88 Å². The first-order valence-electron chi connectivity index (χ1n) is 6.52. The highest BCUT2D eigenvalue weighted by Gasteiger charge is 2.22. The van der Waals surface area contributed by atoms with Gasteiger partial charge in [0, 0.05) is 17.3 Å². The minimum Gasteiger partial charge on any atom is -0.208 e. The van der Waals surface area contributed by atoms with Crippen molar-refractivity contribution in [2.24, 2.45) is 5.92 Å². The summed E-state index contributed by atoms with van der Waals surface area (Å²) in [6.07, 6.45) is 0. The second kappa shape index (κ2) is 6.12. The van der Waals surface area contributed by atoms with Crippen LogP contribution in [-0.2, 0) is 10.0 Å². The Hall–Kier alpha value is -1.10. The van der Waals surface area contributed by atoms with E-state index in [1.165, 1.54) is 0 Å². The molecule has 0 radical (unpaired) electrons. The van der Waals surface area contributed by atoms with E-state index in [-0.39, 0.29) is 12.0 Å². The van der Waals surface area contributed by atoms with Crippen LogP contribution in [0.5, 0.6) is 0 Å². The first kappa shape index (κ1) is 15.3. The lowest BCUT2D eigenvalue weighted by molar-refractivity contribution is 0.481. The first-order valence-corrected chi connectivity index (χ1v) is 8.53. The Kier molecular flexibility index (Phi) is 4.68. The molecule has 0 aliphatic heterocycles. The van der Waals surface area contributed by atoms with Crippen LogP contribution in [-0.4, -0.2) is 20.3 Å². The Morgan fingerprint density at radius 3 is 2.45 bits per heavy atom. The van der Waals surface area contributed by atoms with Gasteiger partial charge in [-0.1, -0.05) is 43.3 Å². The molecule has 20 heavy (non-hydrogen) atoms. The molecular formula is C15H18ClNO2S.